The molecular formula is C18H10F3N3. The fourth-order valence-corrected chi connectivity index (χ4v) is 2.64. The van der Waals surface area contributed by atoms with Crippen LogP contribution in [0, 0.1) is 17.5 Å². The van der Waals surface area contributed by atoms with E-state index in [2.05, 4.69) is 9.97 Å². The van der Waals surface area contributed by atoms with Crippen LogP contribution in [-0.2, 0) is 0 Å². The highest BCUT2D eigenvalue weighted by atomic mass is 19.2. The van der Waals surface area contributed by atoms with Gasteiger partial charge in [-0.2, -0.15) is 0 Å². The molecule has 0 saturated carbocycles. The predicted octanol–water partition coefficient (Wildman–Crippen LogP) is 4.48. The van der Waals surface area contributed by atoms with Crippen molar-refractivity contribution < 1.29 is 13.2 Å². The standard InChI is InChI=1S/C18H10F3N3/c19-14-9-16(21)15(20)8-13(14)18-12(2-1-5-23-18)11-3-4-17-22-6-7-24(17)10-11/h1-10H. The summed E-state index contributed by atoms with van der Waals surface area (Å²) in [7, 11) is 0. The largest absolute Gasteiger partial charge is 0.306 e. The van der Waals surface area contributed by atoms with Gasteiger partial charge in [0, 0.05) is 47.5 Å². The van der Waals surface area contributed by atoms with Gasteiger partial charge in [0.1, 0.15) is 11.5 Å². The lowest BCUT2D eigenvalue weighted by atomic mass is 10.00. The van der Waals surface area contributed by atoms with Crippen molar-refractivity contribution in [1.82, 2.24) is 14.4 Å². The second-order valence-corrected chi connectivity index (χ2v) is 5.26. The van der Waals surface area contributed by atoms with Crippen molar-refractivity contribution >= 4 is 5.65 Å². The fourth-order valence-electron chi connectivity index (χ4n) is 2.64. The van der Waals surface area contributed by atoms with Crippen LogP contribution in [0.1, 0.15) is 0 Å². The Morgan fingerprint density at radius 1 is 0.792 bits per heavy atom. The SMILES string of the molecule is Fc1cc(F)c(-c2ncccc2-c2ccc3nccn3c2)cc1F. The van der Waals surface area contributed by atoms with E-state index in [9.17, 15) is 13.2 Å². The number of rotatable bonds is 2. The first-order valence-corrected chi connectivity index (χ1v) is 7.16. The Morgan fingerprint density at radius 3 is 2.50 bits per heavy atom. The van der Waals surface area contributed by atoms with E-state index in [0.717, 1.165) is 17.3 Å². The van der Waals surface area contributed by atoms with Crippen LogP contribution < -0.4 is 0 Å². The van der Waals surface area contributed by atoms with Gasteiger partial charge in [-0.3, -0.25) is 4.98 Å². The minimum atomic E-state index is -1.23. The smallest absolute Gasteiger partial charge is 0.161 e. The number of pyridine rings is 2. The third-order valence-electron chi connectivity index (χ3n) is 3.77. The molecule has 0 saturated heterocycles. The summed E-state index contributed by atoms with van der Waals surface area (Å²) in [4.78, 5) is 8.34. The number of hydrogen-bond donors (Lipinski definition) is 0. The van der Waals surface area contributed by atoms with E-state index in [0.29, 0.717) is 11.6 Å². The number of hydrogen-bond acceptors (Lipinski definition) is 2. The molecule has 118 valence electrons. The van der Waals surface area contributed by atoms with Crippen molar-refractivity contribution in [2.45, 2.75) is 0 Å². The Kier molecular flexibility index (Phi) is 3.30. The highest BCUT2D eigenvalue weighted by molar-refractivity contribution is 5.81. The van der Waals surface area contributed by atoms with Gasteiger partial charge < -0.3 is 4.40 Å². The monoisotopic (exact) mass is 325 g/mol. The summed E-state index contributed by atoms with van der Waals surface area (Å²) in [5.41, 5.74) is 2.29. The van der Waals surface area contributed by atoms with Crippen molar-refractivity contribution in [3.8, 4) is 22.4 Å². The van der Waals surface area contributed by atoms with Crippen molar-refractivity contribution in [2.75, 3.05) is 0 Å². The molecule has 4 rings (SSSR count). The number of fused-ring (bicyclic) bond motifs is 1. The van der Waals surface area contributed by atoms with Crippen molar-refractivity contribution in [3.05, 3.63) is 78.6 Å². The maximum absolute atomic E-state index is 14.2. The summed E-state index contributed by atoms with van der Waals surface area (Å²) in [6, 6.07) is 8.44. The third-order valence-corrected chi connectivity index (χ3v) is 3.77. The Morgan fingerprint density at radius 2 is 1.62 bits per heavy atom. The van der Waals surface area contributed by atoms with Gasteiger partial charge in [-0.05, 0) is 24.3 Å². The van der Waals surface area contributed by atoms with Gasteiger partial charge in [-0.15, -0.1) is 0 Å². The van der Waals surface area contributed by atoms with Gasteiger partial charge in [-0.25, -0.2) is 18.2 Å². The topological polar surface area (TPSA) is 30.2 Å². The summed E-state index contributed by atoms with van der Waals surface area (Å²) in [6.45, 7) is 0. The van der Waals surface area contributed by atoms with E-state index in [1.165, 1.54) is 6.20 Å². The average Bonchev–Trinajstić information content (AvgIpc) is 3.06. The lowest BCUT2D eigenvalue weighted by Gasteiger charge is -2.10. The van der Waals surface area contributed by atoms with Crippen LogP contribution in [0.3, 0.4) is 0 Å². The number of nitrogens with zero attached hydrogens (tertiary/aromatic N) is 3. The summed E-state index contributed by atoms with van der Waals surface area (Å²) in [6.07, 6.45) is 6.75. The van der Waals surface area contributed by atoms with Gasteiger partial charge in [0.2, 0.25) is 0 Å². The first-order chi connectivity index (χ1) is 11.6. The van der Waals surface area contributed by atoms with Gasteiger partial charge in [-0.1, -0.05) is 6.07 Å². The first kappa shape index (κ1) is 14.4. The third kappa shape index (κ3) is 2.32. The van der Waals surface area contributed by atoms with Crippen molar-refractivity contribution in [2.24, 2.45) is 0 Å². The van der Waals surface area contributed by atoms with Gasteiger partial charge in [0.05, 0.1) is 5.69 Å². The summed E-state index contributed by atoms with van der Waals surface area (Å²) in [5.74, 6) is -3.21. The highest BCUT2D eigenvalue weighted by Gasteiger charge is 2.16. The lowest BCUT2D eigenvalue weighted by Crippen LogP contribution is -1.96. The highest BCUT2D eigenvalue weighted by Crippen LogP contribution is 2.32. The molecule has 0 bridgehead atoms. The Bertz CT molecular complexity index is 1060. The molecule has 0 aliphatic carbocycles. The molecule has 6 heteroatoms. The number of imidazole rings is 1. The van der Waals surface area contributed by atoms with Crippen LogP contribution in [0.15, 0.2) is 61.2 Å². The molecule has 0 fully saturated rings. The Labute approximate surface area is 135 Å². The molecule has 0 amide bonds. The molecule has 24 heavy (non-hydrogen) atoms. The molecule has 1 aromatic carbocycles. The van der Waals surface area contributed by atoms with Crippen LogP contribution in [-0.4, -0.2) is 14.4 Å². The Balaban J connectivity index is 1.94. The van der Waals surface area contributed by atoms with Gasteiger partial charge in [0.15, 0.2) is 11.6 Å². The van der Waals surface area contributed by atoms with Gasteiger partial charge >= 0.3 is 0 Å². The van der Waals surface area contributed by atoms with Crippen LogP contribution in [0.5, 0.6) is 0 Å². The van der Waals surface area contributed by atoms with Gasteiger partial charge in [0.25, 0.3) is 0 Å². The molecule has 0 spiro atoms. The predicted molar refractivity (Wildman–Crippen MR) is 83.7 cm³/mol. The zero-order valence-electron chi connectivity index (χ0n) is 12.2. The van der Waals surface area contributed by atoms with E-state index < -0.39 is 17.5 Å². The molecule has 0 unspecified atom stereocenters. The lowest BCUT2D eigenvalue weighted by molar-refractivity contribution is 0.496. The second kappa shape index (κ2) is 5.49. The molecule has 0 atom stereocenters. The quantitative estimate of drug-likeness (QED) is 0.509. The number of halogens is 3. The summed E-state index contributed by atoms with van der Waals surface area (Å²) in [5, 5.41) is 0. The van der Waals surface area contributed by atoms with Crippen molar-refractivity contribution in [3.63, 3.8) is 0 Å². The number of benzene rings is 1. The second-order valence-electron chi connectivity index (χ2n) is 5.26. The zero-order valence-corrected chi connectivity index (χ0v) is 12.2. The first-order valence-electron chi connectivity index (χ1n) is 7.16. The van der Waals surface area contributed by atoms with E-state index in [-0.39, 0.29) is 11.3 Å². The molecule has 0 radical (unpaired) electrons. The van der Waals surface area contributed by atoms with E-state index >= 15 is 0 Å². The minimum Gasteiger partial charge on any atom is -0.306 e. The van der Waals surface area contributed by atoms with E-state index in [1.54, 1.807) is 24.5 Å². The maximum atomic E-state index is 14.2. The van der Waals surface area contributed by atoms with Crippen LogP contribution >= 0.6 is 0 Å². The molecule has 3 heterocycles. The zero-order chi connectivity index (χ0) is 16.7. The Hall–Kier alpha value is -3.15. The molecular weight excluding hydrogens is 315 g/mol. The molecule has 4 aromatic rings. The summed E-state index contributed by atoms with van der Waals surface area (Å²) < 4.78 is 42.7. The molecule has 0 aliphatic heterocycles. The average molecular weight is 325 g/mol. The number of aromatic nitrogens is 3. The summed E-state index contributed by atoms with van der Waals surface area (Å²) >= 11 is 0. The molecule has 0 aliphatic rings. The normalized spacial score (nSPS) is 11.1. The molecule has 0 N–H and O–H groups in total. The van der Waals surface area contributed by atoms with E-state index in [4.69, 9.17) is 0 Å². The molecule has 3 nitrogen and oxygen atoms in total. The van der Waals surface area contributed by atoms with Crippen LogP contribution in [0.4, 0.5) is 13.2 Å². The van der Waals surface area contributed by atoms with E-state index in [1.807, 2.05) is 22.7 Å². The molecule has 3 aromatic heterocycles. The van der Waals surface area contributed by atoms with Crippen molar-refractivity contribution in [1.29, 1.82) is 0 Å². The maximum Gasteiger partial charge on any atom is 0.161 e. The minimum absolute atomic E-state index is 0.0878. The van der Waals surface area contributed by atoms with Crippen LogP contribution in [0.2, 0.25) is 0 Å². The van der Waals surface area contributed by atoms with Crippen LogP contribution in [0.25, 0.3) is 28.0 Å². The fraction of sp³-hybridized carbons (Fsp3) is 0.